The normalized spacial score (nSPS) is 28.4. The van der Waals surface area contributed by atoms with Crippen LogP contribution in [0, 0.1) is 0 Å². The number of imide groups is 1. The van der Waals surface area contributed by atoms with Gasteiger partial charge in [-0.3, -0.25) is 19.7 Å². The van der Waals surface area contributed by atoms with Gasteiger partial charge in [0.05, 0.1) is 0 Å². The molecule has 1 unspecified atom stereocenters. The third-order valence-electron chi connectivity index (χ3n) is 5.66. The number of nitrogens with one attached hydrogen (secondary N) is 2. The van der Waals surface area contributed by atoms with E-state index in [0.29, 0.717) is 30.6 Å². The molecule has 1 saturated carbocycles. The number of hydrogen-bond acceptors (Lipinski definition) is 5. The minimum Gasteiger partial charge on any atom is -0.328 e. The van der Waals surface area contributed by atoms with Gasteiger partial charge in [0, 0.05) is 37.2 Å². The van der Waals surface area contributed by atoms with Crippen LogP contribution in [-0.2, 0) is 22.7 Å². The second-order valence-electron chi connectivity index (χ2n) is 7.54. The summed E-state index contributed by atoms with van der Waals surface area (Å²) >= 11 is 0. The van der Waals surface area contributed by atoms with E-state index in [1.54, 1.807) is 4.90 Å². The number of rotatable bonds is 4. The topological polar surface area (TPSA) is 105 Å². The number of fused-ring (bicyclic) bond motifs is 1. The molecule has 1 aliphatic carbocycles. The Bertz CT molecular complexity index is 763. The van der Waals surface area contributed by atoms with Crippen LogP contribution in [0.1, 0.15) is 53.6 Å². The molecule has 138 valence electrons. The van der Waals surface area contributed by atoms with Crippen LogP contribution in [0.25, 0.3) is 0 Å². The average molecular weight is 356 g/mol. The number of carbonyl (C=O) groups excluding carboxylic acids is 3. The molecule has 0 radical (unpaired) electrons. The molecule has 3 atom stereocenters. The zero-order valence-electron chi connectivity index (χ0n) is 14.7. The zero-order chi connectivity index (χ0) is 18.3. The van der Waals surface area contributed by atoms with Gasteiger partial charge in [-0.2, -0.15) is 0 Å². The van der Waals surface area contributed by atoms with E-state index in [-0.39, 0.29) is 24.1 Å². The molecule has 2 heterocycles. The highest BCUT2D eigenvalue weighted by Crippen LogP contribution is 2.28. The number of nitrogens with zero attached hydrogens (tertiary/aromatic N) is 1. The predicted octanol–water partition coefficient (Wildman–Crippen LogP) is 0.417. The largest absolute Gasteiger partial charge is 0.328 e. The molecular weight excluding hydrogens is 332 g/mol. The van der Waals surface area contributed by atoms with Gasteiger partial charge in [0.2, 0.25) is 11.8 Å². The Kier molecular flexibility index (Phi) is 4.50. The molecule has 1 saturated heterocycles. The first-order chi connectivity index (χ1) is 12.5. The number of nitrogens with two attached hydrogens (primary N) is 1. The maximum absolute atomic E-state index is 12.7. The van der Waals surface area contributed by atoms with Crippen molar-refractivity contribution in [3.8, 4) is 0 Å². The van der Waals surface area contributed by atoms with Crippen molar-refractivity contribution >= 4 is 17.7 Å². The molecular formula is C19H24N4O3. The second kappa shape index (κ2) is 6.81. The molecule has 4 rings (SSSR count). The summed E-state index contributed by atoms with van der Waals surface area (Å²) in [7, 11) is 0. The van der Waals surface area contributed by atoms with Crippen molar-refractivity contribution in [3.05, 3.63) is 34.9 Å². The molecule has 3 amide bonds. The number of hydrogen-bond donors (Lipinski definition) is 3. The summed E-state index contributed by atoms with van der Waals surface area (Å²) in [5.74, 6) is -0.770. The number of carbonyl (C=O) groups is 3. The monoisotopic (exact) mass is 356 g/mol. The number of benzene rings is 1. The molecule has 2 aliphatic heterocycles. The molecule has 7 nitrogen and oxygen atoms in total. The van der Waals surface area contributed by atoms with Crippen LogP contribution in [0.2, 0.25) is 0 Å². The lowest BCUT2D eigenvalue weighted by atomic mass is 10.0. The summed E-state index contributed by atoms with van der Waals surface area (Å²) in [6.07, 6.45) is 3.84. The van der Waals surface area contributed by atoms with Crippen LogP contribution in [0.5, 0.6) is 0 Å². The Labute approximate surface area is 152 Å². The summed E-state index contributed by atoms with van der Waals surface area (Å²) in [5, 5.41) is 5.87. The van der Waals surface area contributed by atoms with E-state index in [1.807, 2.05) is 18.2 Å². The standard InChI is InChI=1S/C19H24N4O3/c20-13-2-3-14(8-13)21-9-11-1-4-15-12(7-11)10-23(19(15)26)16-5-6-17(24)22-18(16)25/h1,4,7,13-14,16,21H,2-3,5-6,8-10,20H2,(H,22,24,25)/t13-,14-,16?/m0/s1. The lowest BCUT2D eigenvalue weighted by Crippen LogP contribution is -2.52. The zero-order valence-corrected chi connectivity index (χ0v) is 14.7. The predicted molar refractivity (Wildman–Crippen MR) is 94.9 cm³/mol. The SMILES string of the molecule is N[C@H]1CC[C@H](NCc2ccc3c(c2)CN(C2CCC(=O)NC2=O)C3=O)C1. The van der Waals surface area contributed by atoms with Crippen LogP contribution < -0.4 is 16.4 Å². The average Bonchev–Trinajstić information content (AvgIpc) is 3.16. The highest BCUT2D eigenvalue weighted by molar-refractivity contribution is 6.05. The first-order valence-electron chi connectivity index (χ1n) is 9.26. The quantitative estimate of drug-likeness (QED) is 0.678. The Morgan fingerprint density at radius 3 is 2.77 bits per heavy atom. The van der Waals surface area contributed by atoms with E-state index in [2.05, 4.69) is 10.6 Å². The fraction of sp³-hybridized carbons (Fsp3) is 0.526. The van der Waals surface area contributed by atoms with Crippen LogP contribution >= 0.6 is 0 Å². The minimum atomic E-state index is -0.561. The fourth-order valence-corrected chi connectivity index (χ4v) is 4.20. The first kappa shape index (κ1) is 17.2. The van der Waals surface area contributed by atoms with Crippen LogP contribution in [0.3, 0.4) is 0 Å². The van der Waals surface area contributed by atoms with Crippen LogP contribution in [0.4, 0.5) is 0 Å². The lowest BCUT2D eigenvalue weighted by molar-refractivity contribution is -0.136. The first-order valence-corrected chi connectivity index (χ1v) is 9.26. The minimum absolute atomic E-state index is 0.129. The van der Waals surface area contributed by atoms with Crippen molar-refractivity contribution in [1.82, 2.24) is 15.5 Å². The molecule has 0 aromatic heterocycles. The van der Waals surface area contributed by atoms with Crippen molar-refractivity contribution in [3.63, 3.8) is 0 Å². The van der Waals surface area contributed by atoms with Gasteiger partial charge in [0.15, 0.2) is 0 Å². The lowest BCUT2D eigenvalue weighted by Gasteiger charge is -2.29. The van der Waals surface area contributed by atoms with E-state index < -0.39 is 6.04 Å². The highest BCUT2D eigenvalue weighted by atomic mass is 16.2. The van der Waals surface area contributed by atoms with E-state index in [0.717, 1.165) is 36.9 Å². The van der Waals surface area contributed by atoms with Gasteiger partial charge in [-0.1, -0.05) is 12.1 Å². The highest BCUT2D eigenvalue weighted by Gasteiger charge is 2.39. The van der Waals surface area contributed by atoms with Gasteiger partial charge < -0.3 is 16.0 Å². The van der Waals surface area contributed by atoms with Crippen molar-refractivity contribution in [2.24, 2.45) is 5.73 Å². The molecule has 4 N–H and O–H groups in total. The van der Waals surface area contributed by atoms with Gasteiger partial charge >= 0.3 is 0 Å². The van der Waals surface area contributed by atoms with Gasteiger partial charge in [-0.25, -0.2) is 0 Å². The molecule has 26 heavy (non-hydrogen) atoms. The van der Waals surface area contributed by atoms with Gasteiger partial charge in [0.1, 0.15) is 6.04 Å². The second-order valence-corrected chi connectivity index (χ2v) is 7.54. The Balaban J connectivity index is 1.43. The summed E-state index contributed by atoms with van der Waals surface area (Å²) in [4.78, 5) is 37.7. The molecule has 0 bridgehead atoms. The van der Waals surface area contributed by atoms with Crippen molar-refractivity contribution in [1.29, 1.82) is 0 Å². The smallest absolute Gasteiger partial charge is 0.255 e. The molecule has 0 spiro atoms. The van der Waals surface area contributed by atoms with E-state index in [9.17, 15) is 14.4 Å². The Hall–Kier alpha value is -2.25. The van der Waals surface area contributed by atoms with Crippen molar-refractivity contribution in [2.75, 3.05) is 0 Å². The molecule has 1 aromatic carbocycles. The molecule has 2 fully saturated rings. The molecule has 3 aliphatic rings. The summed E-state index contributed by atoms with van der Waals surface area (Å²) < 4.78 is 0. The summed E-state index contributed by atoms with van der Waals surface area (Å²) in [6.45, 7) is 1.17. The van der Waals surface area contributed by atoms with Crippen LogP contribution in [-0.4, -0.2) is 40.7 Å². The van der Waals surface area contributed by atoms with Crippen LogP contribution in [0.15, 0.2) is 18.2 Å². The Morgan fingerprint density at radius 2 is 2.04 bits per heavy atom. The van der Waals surface area contributed by atoms with Gasteiger partial charge in [-0.15, -0.1) is 0 Å². The summed E-state index contributed by atoms with van der Waals surface area (Å²) in [6, 6.07) is 6.05. The van der Waals surface area contributed by atoms with E-state index in [1.165, 1.54) is 0 Å². The number of piperidine rings is 1. The maximum atomic E-state index is 12.7. The van der Waals surface area contributed by atoms with Gasteiger partial charge in [-0.05, 0) is 42.9 Å². The van der Waals surface area contributed by atoms with Crippen molar-refractivity contribution < 1.29 is 14.4 Å². The maximum Gasteiger partial charge on any atom is 0.255 e. The van der Waals surface area contributed by atoms with Crippen molar-refractivity contribution in [2.45, 2.75) is 63.3 Å². The summed E-state index contributed by atoms with van der Waals surface area (Å²) in [5.41, 5.74) is 8.68. The molecule has 7 heteroatoms. The number of amides is 3. The van der Waals surface area contributed by atoms with E-state index in [4.69, 9.17) is 5.73 Å². The fourth-order valence-electron chi connectivity index (χ4n) is 4.20. The van der Waals surface area contributed by atoms with E-state index >= 15 is 0 Å². The third kappa shape index (κ3) is 3.24. The molecule has 1 aromatic rings. The third-order valence-corrected chi connectivity index (χ3v) is 5.66. The Morgan fingerprint density at radius 1 is 1.19 bits per heavy atom. The van der Waals surface area contributed by atoms with Gasteiger partial charge in [0.25, 0.3) is 5.91 Å².